The number of benzene rings is 2. The van der Waals surface area contributed by atoms with Crippen LogP contribution in [0.3, 0.4) is 0 Å². The third-order valence-corrected chi connectivity index (χ3v) is 5.73. The summed E-state index contributed by atoms with van der Waals surface area (Å²) in [6.07, 6.45) is 0.857. The zero-order valence-electron chi connectivity index (χ0n) is 15.4. The van der Waals surface area contributed by atoms with Crippen LogP contribution in [0, 0.1) is 6.92 Å². The van der Waals surface area contributed by atoms with Gasteiger partial charge in [-0.3, -0.25) is 4.79 Å². The molecule has 0 aliphatic carbocycles. The van der Waals surface area contributed by atoms with E-state index in [1.165, 1.54) is 0 Å². The number of nitrogens with one attached hydrogen (secondary N) is 2. The monoisotopic (exact) mass is 374 g/mol. The number of aryl methyl sites for hydroxylation is 1. The van der Waals surface area contributed by atoms with Gasteiger partial charge in [-0.1, -0.05) is 55.0 Å². The Morgan fingerprint density at radius 1 is 1.04 bits per heavy atom. The molecule has 0 fully saturated rings. The molecule has 26 heavy (non-hydrogen) atoms. The molecule has 0 aliphatic heterocycles. The first-order valence-electron chi connectivity index (χ1n) is 8.75. The maximum Gasteiger partial charge on any atom is 0.241 e. The van der Waals surface area contributed by atoms with Crippen molar-refractivity contribution in [2.75, 3.05) is 0 Å². The van der Waals surface area contributed by atoms with Crippen molar-refractivity contribution in [3.8, 4) is 0 Å². The first-order chi connectivity index (χ1) is 12.3. The summed E-state index contributed by atoms with van der Waals surface area (Å²) >= 11 is 0. The average Bonchev–Trinajstić information content (AvgIpc) is 2.62. The second kappa shape index (κ2) is 8.96. The topological polar surface area (TPSA) is 75.3 Å². The molecular weight excluding hydrogens is 348 g/mol. The van der Waals surface area contributed by atoms with E-state index in [1.54, 1.807) is 24.3 Å². The number of carbonyl (C=O) groups excluding carboxylic acids is 1. The molecule has 0 bridgehead atoms. The van der Waals surface area contributed by atoms with E-state index in [0.717, 1.165) is 17.5 Å². The van der Waals surface area contributed by atoms with Crippen molar-refractivity contribution in [1.29, 1.82) is 0 Å². The van der Waals surface area contributed by atoms with Gasteiger partial charge in [-0.2, -0.15) is 0 Å². The molecule has 0 unspecified atom stereocenters. The van der Waals surface area contributed by atoms with Gasteiger partial charge in [0.05, 0.1) is 10.9 Å². The lowest BCUT2D eigenvalue weighted by Crippen LogP contribution is -2.37. The standard InChI is InChI=1S/C20H26N2O3S/c1-4-16(3)21-20(23)14-19(17-8-6-5-7-9-17)22-26(24,25)18-12-10-15(2)11-13-18/h5-13,16,19,22H,4,14H2,1-3H3,(H,21,23)/t16-,19-/m1/s1. The molecule has 0 saturated carbocycles. The fraction of sp³-hybridized carbons (Fsp3) is 0.350. The summed E-state index contributed by atoms with van der Waals surface area (Å²) in [5.74, 6) is -0.181. The molecule has 2 aromatic carbocycles. The Morgan fingerprint density at radius 2 is 1.65 bits per heavy atom. The predicted molar refractivity (Wildman–Crippen MR) is 103 cm³/mol. The van der Waals surface area contributed by atoms with Crippen molar-refractivity contribution in [1.82, 2.24) is 10.0 Å². The summed E-state index contributed by atoms with van der Waals surface area (Å²) in [5, 5.41) is 2.89. The molecule has 2 atom stereocenters. The van der Waals surface area contributed by atoms with E-state index in [4.69, 9.17) is 0 Å². The number of amides is 1. The molecule has 2 rings (SSSR count). The quantitative estimate of drug-likeness (QED) is 0.744. The van der Waals surface area contributed by atoms with Crippen LogP contribution < -0.4 is 10.0 Å². The second-order valence-electron chi connectivity index (χ2n) is 6.48. The van der Waals surface area contributed by atoms with Gasteiger partial charge in [-0.15, -0.1) is 0 Å². The van der Waals surface area contributed by atoms with Crippen molar-refractivity contribution in [2.24, 2.45) is 0 Å². The van der Waals surface area contributed by atoms with Crippen LogP contribution in [0.25, 0.3) is 0 Å². The minimum absolute atomic E-state index is 0.0411. The van der Waals surface area contributed by atoms with Gasteiger partial charge in [-0.05, 0) is 38.0 Å². The molecule has 0 heterocycles. The Balaban J connectivity index is 2.24. The number of sulfonamides is 1. The van der Waals surface area contributed by atoms with Gasteiger partial charge in [0.1, 0.15) is 0 Å². The van der Waals surface area contributed by atoms with E-state index in [9.17, 15) is 13.2 Å². The van der Waals surface area contributed by atoms with Gasteiger partial charge in [0, 0.05) is 12.5 Å². The number of carbonyl (C=O) groups is 1. The fourth-order valence-corrected chi connectivity index (χ4v) is 3.73. The van der Waals surface area contributed by atoms with Gasteiger partial charge in [0.15, 0.2) is 0 Å². The lowest BCUT2D eigenvalue weighted by atomic mass is 10.0. The molecular formula is C20H26N2O3S. The van der Waals surface area contributed by atoms with Gasteiger partial charge < -0.3 is 5.32 Å². The Hall–Kier alpha value is -2.18. The van der Waals surface area contributed by atoms with E-state index in [-0.39, 0.29) is 23.3 Å². The molecule has 5 nitrogen and oxygen atoms in total. The van der Waals surface area contributed by atoms with Crippen LogP contribution in [-0.2, 0) is 14.8 Å². The Kier molecular flexibility index (Phi) is 6.94. The molecule has 0 aromatic heterocycles. The van der Waals surface area contributed by atoms with Crippen molar-refractivity contribution >= 4 is 15.9 Å². The first kappa shape index (κ1) is 20.1. The molecule has 2 N–H and O–H groups in total. The minimum Gasteiger partial charge on any atom is -0.354 e. The highest BCUT2D eigenvalue weighted by molar-refractivity contribution is 7.89. The number of hydrogen-bond donors (Lipinski definition) is 2. The van der Waals surface area contributed by atoms with Crippen molar-refractivity contribution < 1.29 is 13.2 Å². The maximum atomic E-state index is 12.7. The lowest BCUT2D eigenvalue weighted by Gasteiger charge is -2.20. The van der Waals surface area contributed by atoms with E-state index in [2.05, 4.69) is 10.0 Å². The smallest absolute Gasteiger partial charge is 0.241 e. The summed E-state index contributed by atoms with van der Waals surface area (Å²) in [4.78, 5) is 12.5. The largest absolute Gasteiger partial charge is 0.354 e. The molecule has 0 aliphatic rings. The Labute approximate surface area is 155 Å². The van der Waals surface area contributed by atoms with Crippen LogP contribution in [0.4, 0.5) is 0 Å². The van der Waals surface area contributed by atoms with Crippen LogP contribution in [-0.4, -0.2) is 20.4 Å². The van der Waals surface area contributed by atoms with Crippen LogP contribution in [0.1, 0.15) is 43.9 Å². The van der Waals surface area contributed by atoms with Crippen LogP contribution >= 0.6 is 0 Å². The lowest BCUT2D eigenvalue weighted by molar-refractivity contribution is -0.122. The molecule has 6 heteroatoms. The third kappa shape index (κ3) is 5.68. The molecule has 140 valence electrons. The van der Waals surface area contributed by atoms with Gasteiger partial charge in [-0.25, -0.2) is 13.1 Å². The molecule has 0 saturated heterocycles. The second-order valence-corrected chi connectivity index (χ2v) is 8.19. The first-order valence-corrected chi connectivity index (χ1v) is 10.2. The highest BCUT2D eigenvalue weighted by atomic mass is 32.2. The van der Waals surface area contributed by atoms with Crippen molar-refractivity contribution in [3.05, 3.63) is 65.7 Å². The van der Waals surface area contributed by atoms with Crippen LogP contribution in [0.5, 0.6) is 0 Å². The molecule has 2 aromatic rings. The molecule has 1 amide bonds. The summed E-state index contributed by atoms with van der Waals surface area (Å²) in [6.45, 7) is 5.81. The van der Waals surface area contributed by atoms with Gasteiger partial charge in [0.25, 0.3) is 0 Å². The SMILES string of the molecule is CC[C@@H](C)NC(=O)C[C@@H](NS(=O)(=O)c1ccc(C)cc1)c1ccccc1. The van der Waals surface area contributed by atoms with E-state index in [1.807, 2.05) is 51.1 Å². The highest BCUT2D eigenvalue weighted by Crippen LogP contribution is 2.21. The van der Waals surface area contributed by atoms with Crippen molar-refractivity contribution in [3.63, 3.8) is 0 Å². The maximum absolute atomic E-state index is 12.7. The summed E-state index contributed by atoms with van der Waals surface area (Å²) in [5.41, 5.74) is 1.74. The van der Waals surface area contributed by atoms with E-state index < -0.39 is 16.1 Å². The average molecular weight is 375 g/mol. The Bertz CT molecular complexity index is 818. The van der Waals surface area contributed by atoms with Gasteiger partial charge in [0.2, 0.25) is 15.9 Å². The third-order valence-electron chi connectivity index (χ3n) is 4.24. The van der Waals surface area contributed by atoms with E-state index >= 15 is 0 Å². The number of rotatable bonds is 8. The summed E-state index contributed by atoms with van der Waals surface area (Å²) in [6, 6.07) is 15.2. The highest BCUT2D eigenvalue weighted by Gasteiger charge is 2.24. The molecule has 0 radical (unpaired) electrons. The van der Waals surface area contributed by atoms with E-state index in [0.29, 0.717) is 0 Å². The summed E-state index contributed by atoms with van der Waals surface area (Å²) in [7, 11) is -3.73. The fourth-order valence-electron chi connectivity index (χ4n) is 2.51. The van der Waals surface area contributed by atoms with Gasteiger partial charge >= 0.3 is 0 Å². The minimum atomic E-state index is -3.73. The van der Waals surface area contributed by atoms with Crippen molar-refractivity contribution in [2.45, 2.75) is 50.6 Å². The number of hydrogen-bond acceptors (Lipinski definition) is 3. The predicted octanol–water partition coefficient (Wildman–Crippen LogP) is 3.32. The molecule has 0 spiro atoms. The zero-order valence-corrected chi connectivity index (χ0v) is 16.2. The normalized spacial score (nSPS) is 13.8. The zero-order chi connectivity index (χ0) is 19.2. The van der Waals surface area contributed by atoms with Crippen LogP contribution in [0.2, 0.25) is 0 Å². The van der Waals surface area contributed by atoms with Crippen LogP contribution in [0.15, 0.2) is 59.5 Å². The summed E-state index contributed by atoms with van der Waals surface area (Å²) < 4.78 is 28.2. The Morgan fingerprint density at radius 3 is 2.23 bits per heavy atom.